The second kappa shape index (κ2) is 6.61. The highest BCUT2D eigenvalue weighted by atomic mass is 19.4. The molecule has 0 bridgehead atoms. The van der Waals surface area contributed by atoms with Gasteiger partial charge >= 0.3 is 12.4 Å². The Morgan fingerprint density at radius 1 is 0.724 bits per heavy atom. The van der Waals surface area contributed by atoms with Gasteiger partial charge in [0.1, 0.15) is 0 Å². The minimum absolute atomic E-state index is 0.0113. The molecule has 4 rings (SSSR count). The lowest BCUT2D eigenvalue weighted by Gasteiger charge is -2.12. The standard InChI is InChI=1S/C20H10F6N2O/c21-19(22,23)13-8-12(9-14(10-13)20(24,25)26)17-27-18(29-28-17)16-7-3-5-11-4-1-2-6-15(11)16/h1-10H. The lowest BCUT2D eigenvalue weighted by atomic mass is 10.0. The number of hydrogen-bond donors (Lipinski definition) is 0. The Kier molecular flexibility index (Phi) is 4.33. The van der Waals surface area contributed by atoms with Crippen LogP contribution in [-0.4, -0.2) is 10.1 Å². The average molecular weight is 408 g/mol. The van der Waals surface area contributed by atoms with Gasteiger partial charge in [-0.1, -0.05) is 41.6 Å². The number of nitrogens with zero attached hydrogens (tertiary/aromatic N) is 2. The van der Waals surface area contributed by atoms with Crippen molar-refractivity contribution in [3.05, 3.63) is 71.8 Å². The molecule has 0 aliphatic heterocycles. The normalized spacial score (nSPS) is 12.5. The molecule has 3 nitrogen and oxygen atoms in total. The van der Waals surface area contributed by atoms with Crippen molar-refractivity contribution in [2.24, 2.45) is 0 Å². The highest BCUT2D eigenvalue weighted by Crippen LogP contribution is 2.38. The summed E-state index contributed by atoms with van der Waals surface area (Å²) in [6.45, 7) is 0. The summed E-state index contributed by atoms with van der Waals surface area (Å²) in [5.41, 5.74) is -2.81. The molecule has 0 unspecified atom stereocenters. The molecule has 0 spiro atoms. The minimum Gasteiger partial charge on any atom is -0.334 e. The van der Waals surface area contributed by atoms with Gasteiger partial charge in [0.05, 0.1) is 11.1 Å². The zero-order chi connectivity index (χ0) is 20.8. The number of alkyl halides is 6. The van der Waals surface area contributed by atoms with Crippen molar-refractivity contribution < 1.29 is 30.9 Å². The molecule has 29 heavy (non-hydrogen) atoms. The van der Waals surface area contributed by atoms with E-state index in [1.165, 1.54) is 0 Å². The molecule has 9 heteroatoms. The Morgan fingerprint density at radius 3 is 2.00 bits per heavy atom. The molecular weight excluding hydrogens is 398 g/mol. The van der Waals surface area contributed by atoms with Crippen molar-refractivity contribution in [1.29, 1.82) is 0 Å². The van der Waals surface area contributed by atoms with Gasteiger partial charge in [-0.15, -0.1) is 0 Å². The highest BCUT2D eigenvalue weighted by Gasteiger charge is 2.37. The van der Waals surface area contributed by atoms with Crippen molar-refractivity contribution in [2.45, 2.75) is 12.4 Å². The van der Waals surface area contributed by atoms with E-state index in [-0.39, 0.29) is 17.8 Å². The van der Waals surface area contributed by atoms with Gasteiger partial charge in [0.15, 0.2) is 0 Å². The number of benzene rings is 3. The van der Waals surface area contributed by atoms with Crippen LogP contribution in [0.5, 0.6) is 0 Å². The lowest BCUT2D eigenvalue weighted by molar-refractivity contribution is -0.143. The van der Waals surface area contributed by atoms with E-state index in [0.717, 1.165) is 10.8 Å². The number of hydrogen-bond acceptors (Lipinski definition) is 3. The minimum atomic E-state index is -4.96. The zero-order valence-corrected chi connectivity index (χ0v) is 14.3. The topological polar surface area (TPSA) is 38.9 Å². The third kappa shape index (κ3) is 3.67. The van der Waals surface area contributed by atoms with Gasteiger partial charge in [0.25, 0.3) is 5.89 Å². The predicted molar refractivity (Wildman–Crippen MR) is 92.7 cm³/mol. The van der Waals surface area contributed by atoms with Crippen LogP contribution in [-0.2, 0) is 12.4 Å². The van der Waals surface area contributed by atoms with Gasteiger partial charge in [-0.05, 0) is 35.0 Å². The SMILES string of the molecule is FC(F)(F)c1cc(-c2noc(-c3cccc4ccccc34)n2)cc(C(F)(F)F)c1. The molecule has 0 atom stereocenters. The second-order valence-corrected chi connectivity index (χ2v) is 6.24. The first-order chi connectivity index (χ1) is 13.6. The van der Waals surface area contributed by atoms with Crippen LogP contribution in [0.2, 0.25) is 0 Å². The summed E-state index contributed by atoms with van der Waals surface area (Å²) in [4.78, 5) is 4.03. The fourth-order valence-corrected chi connectivity index (χ4v) is 2.95. The molecule has 4 aromatic rings. The van der Waals surface area contributed by atoms with Crippen molar-refractivity contribution >= 4 is 10.8 Å². The summed E-state index contributed by atoms with van der Waals surface area (Å²) in [6, 6.07) is 13.7. The molecule has 0 saturated heterocycles. The number of aromatic nitrogens is 2. The maximum atomic E-state index is 13.1. The molecule has 0 N–H and O–H groups in total. The van der Waals surface area contributed by atoms with Gasteiger partial charge in [-0.2, -0.15) is 31.3 Å². The predicted octanol–water partition coefficient (Wildman–Crippen LogP) is 6.59. The fraction of sp³-hybridized carbons (Fsp3) is 0.100. The first-order valence-corrected chi connectivity index (χ1v) is 8.24. The summed E-state index contributed by atoms with van der Waals surface area (Å²) < 4.78 is 83.5. The Bertz CT molecular complexity index is 1160. The Morgan fingerprint density at radius 2 is 1.34 bits per heavy atom. The van der Waals surface area contributed by atoms with Crippen LogP contribution in [0.1, 0.15) is 11.1 Å². The third-order valence-corrected chi connectivity index (χ3v) is 4.29. The van der Waals surface area contributed by atoms with Crippen molar-refractivity contribution in [3.63, 3.8) is 0 Å². The summed E-state index contributed by atoms with van der Waals surface area (Å²) >= 11 is 0. The van der Waals surface area contributed by atoms with Crippen LogP contribution in [0.4, 0.5) is 26.3 Å². The van der Waals surface area contributed by atoms with Gasteiger partial charge in [0, 0.05) is 11.1 Å². The Labute approximate surface area is 159 Å². The molecule has 0 aliphatic carbocycles. The van der Waals surface area contributed by atoms with Crippen LogP contribution in [0, 0.1) is 0 Å². The molecule has 0 fully saturated rings. The summed E-state index contributed by atoms with van der Waals surface area (Å²) in [6.07, 6.45) is -9.92. The van der Waals surface area contributed by atoms with Gasteiger partial charge in [0.2, 0.25) is 5.82 Å². The molecule has 0 radical (unpaired) electrons. The average Bonchev–Trinajstić information content (AvgIpc) is 3.16. The van der Waals surface area contributed by atoms with Crippen molar-refractivity contribution in [1.82, 2.24) is 10.1 Å². The molecule has 1 aromatic heterocycles. The van der Waals surface area contributed by atoms with Crippen LogP contribution >= 0.6 is 0 Å². The van der Waals surface area contributed by atoms with E-state index in [1.54, 1.807) is 24.3 Å². The molecule has 0 saturated carbocycles. The molecule has 0 amide bonds. The monoisotopic (exact) mass is 408 g/mol. The third-order valence-electron chi connectivity index (χ3n) is 4.29. The zero-order valence-electron chi connectivity index (χ0n) is 14.3. The Balaban J connectivity index is 1.84. The first-order valence-electron chi connectivity index (χ1n) is 8.24. The van der Waals surface area contributed by atoms with E-state index in [1.807, 2.05) is 18.2 Å². The van der Waals surface area contributed by atoms with Crippen LogP contribution in [0.25, 0.3) is 33.6 Å². The molecule has 0 aliphatic rings. The van der Waals surface area contributed by atoms with E-state index in [2.05, 4.69) is 10.1 Å². The molecular formula is C20H10F6N2O. The van der Waals surface area contributed by atoms with Crippen molar-refractivity contribution in [3.8, 4) is 22.8 Å². The van der Waals surface area contributed by atoms with Crippen LogP contribution in [0.15, 0.2) is 65.2 Å². The maximum Gasteiger partial charge on any atom is 0.416 e. The smallest absolute Gasteiger partial charge is 0.334 e. The quantitative estimate of drug-likeness (QED) is 0.351. The summed E-state index contributed by atoms with van der Waals surface area (Å²) in [5, 5.41) is 5.21. The summed E-state index contributed by atoms with van der Waals surface area (Å²) in [7, 11) is 0. The maximum absolute atomic E-state index is 13.1. The second-order valence-electron chi connectivity index (χ2n) is 6.24. The lowest BCUT2D eigenvalue weighted by Crippen LogP contribution is -2.11. The van der Waals surface area contributed by atoms with E-state index in [9.17, 15) is 26.3 Å². The van der Waals surface area contributed by atoms with E-state index < -0.39 is 29.0 Å². The summed E-state index contributed by atoms with van der Waals surface area (Å²) in [5.74, 6) is -0.382. The van der Waals surface area contributed by atoms with Crippen LogP contribution < -0.4 is 0 Å². The van der Waals surface area contributed by atoms with Crippen molar-refractivity contribution in [2.75, 3.05) is 0 Å². The number of halogens is 6. The Hall–Kier alpha value is -3.36. The molecule has 3 aromatic carbocycles. The van der Waals surface area contributed by atoms with Gasteiger partial charge in [-0.3, -0.25) is 0 Å². The van der Waals surface area contributed by atoms with E-state index in [4.69, 9.17) is 4.52 Å². The highest BCUT2D eigenvalue weighted by molar-refractivity contribution is 5.94. The van der Waals surface area contributed by atoms with Gasteiger partial charge in [-0.25, -0.2) is 0 Å². The van der Waals surface area contributed by atoms with Gasteiger partial charge < -0.3 is 4.52 Å². The molecule has 1 heterocycles. The largest absolute Gasteiger partial charge is 0.416 e. The number of rotatable bonds is 2. The fourth-order valence-electron chi connectivity index (χ4n) is 2.95. The van der Waals surface area contributed by atoms with E-state index >= 15 is 0 Å². The first kappa shape index (κ1) is 19.0. The molecule has 148 valence electrons. The van der Waals surface area contributed by atoms with Crippen LogP contribution in [0.3, 0.4) is 0 Å². The van der Waals surface area contributed by atoms with E-state index in [0.29, 0.717) is 17.7 Å². The number of fused-ring (bicyclic) bond motifs is 1.